The molecule has 1 heterocycles. The van der Waals surface area contributed by atoms with Crippen molar-refractivity contribution < 1.29 is 0 Å². The molecule has 1 aromatic rings. The highest BCUT2D eigenvalue weighted by atomic mass is 32.2. The molecule has 1 unspecified atom stereocenters. The van der Waals surface area contributed by atoms with E-state index in [1.807, 2.05) is 11.8 Å². The molecule has 21 heavy (non-hydrogen) atoms. The van der Waals surface area contributed by atoms with Gasteiger partial charge in [0.25, 0.3) is 0 Å². The number of thioether (sulfide) groups is 1. The zero-order chi connectivity index (χ0) is 15.1. The second-order valence-corrected chi connectivity index (χ2v) is 7.16. The predicted molar refractivity (Wildman–Crippen MR) is 95.2 cm³/mol. The van der Waals surface area contributed by atoms with E-state index < -0.39 is 0 Å². The molecule has 1 N–H and O–H groups in total. The van der Waals surface area contributed by atoms with Crippen LogP contribution in [-0.4, -0.2) is 48.1 Å². The first-order valence-electron chi connectivity index (χ1n) is 8.25. The minimum Gasteiger partial charge on any atom is -0.308 e. The molecule has 0 saturated carbocycles. The molecule has 1 fully saturated rings. The largest absolute Gasteiger partial charge is 0.308 e. The zero-order valence-corrected chi connectivity index (χ0v) is 14.6. The Kier molecular flexibility index (Phi) is 6.59. The number of rotatable bonds is 7. The lowest BCUT2D eigenvalue weighted by molar-refractivity contribution is 0.0783. The van der Waals surface area contributed by atoms with Crippen molar-refractivity contribution in [3.05, 3.63) is 35.9 Å². The van der Waals surface area contributed by atoms with E-state index in [1.165, 1.54) is 37.2 Å². The average Bonchev–Trinajstić information content (AvgIpc) is 2.55. The van der Waals surface area contributed by atoms with Crippen LogP contribution in [0.3, 0.4) is 0 Å². The van der Waals surface area contributed by atoms with Gasteiger partial charge in [-0.05, 0) is 31.1 Å². The molecule has 2 nitrogen and oxygen atoms in total. The van der Waals surface area contributed by atoms with Crippen LogP contribution in [0, 0.1) is 0 Å². The molecular weight excluding hydrogens is 276 g/mol. The summed E-state index contributed by atoms with van der Waals surface area (Å²) >= 11 is 1.96. The van der Waals surface area contributed by atoms with E-state index in [-0.39, 0.29) is 0 Å². The molecule has 2 rings (SSSR count). The molecule has 3 heteroatoms. The summed E-state index contributed by atoms with van der Waals surface area (Å²) in [4.78, 5) is 2.73. The second kappa shape index (κ2) is 8.21. The fraction of sp³-hybridized carbons (Fsp3) is 0.667. The number of nitrogens with zero attached hydrogens (tertiary/aromatic N) is 1. The Hall–Kier alpha value is -0.510. The third kappa shape index (κ3) is 4.48. The monoisotopic (exact) mass is 306 g/mol. The molecule has 1 aromatic carbocycles. The SMILES string of the molecule is CCC1(CC)CN(CCSC)C(Cc2ccccc2)CN1. The van der Waals surface area contributed by atoms with Gasteiger partial charge in [-0.3, -0.25) is 4.90 Å². The lowest BCUT2D eigenvalue weighted by atomic mass is 9.87. The molecule has 1 aliphatic heterocycles. The van der Waals surface area contributed by atoms with Crippen molar-refractivity contribution in [3.63, 3.8) is 0 Å². The highest BCUT2D eigenvalue weighted by Gasteiger charge is 2.36. The fourth-order valence-corrected chi connectivity index (χ4v) is 3.74. The molecule has 0 spiro atoms. The Morgan fingerprint density at radius 3 is 2.57 bits per heavy atom. The van der Waals surface area contributed by atoms with Crippen LogP contribution in [0.15, 0.2) is 30.3 Å². The molecular formula is C18H30N2S. The summed E-state index contributed by atoms with van der Waals surface area (Å²) in [6.07, 6.45) is 5.81. The highest BCUT2D eigenvalue weighted by Crippen LogP contribution is 2.24. The van der Waals surface area contributed by atoms with E-state index in [2.05, 4.69) is 60.7 Å². The lowest BCUT2D eigenvalue weighted by Crippen LogP contribution is -2.64. The van der Waals surface area contributed by atoms with Gasteiger partial charge in [0.1, 0.15) is 0 Å². The van der Waals surface area contributed by atoms with E-state index >= 15 is 0 Å². The molecule has 0 aromatic heterocycles. The van der Waals surface area contributed by atoms with Gasteiger partial charge in [-0.25, -0.2) is 0 Å². The van der Waals surface area contributed by atoms with Crippen molar-refractivity contribution in [2.45, 2.75) is 44.7 Å². The molecule has 0 aliphatic carbocycles. The summed E-state index contributed by atoms with van der Waals surface area (Å²) in [5.41, 5.74) is 1.78. The number of nitrogens with one attached hydrogen (secondary N) is 1. The number of hydrogen-bond donors (Lipinski definition) is 1. The first-order valence-corrected chi connectivity index (χ1v) is 9.64. The van der Waals surface area contributed by atoms with E-state index in [0.717, 1.165) is 13.0 Å². The van der Waals surface area contributed by atoms with E-state index in [9.17, 15) is 0 Å². The van der Waals surface area contributed by atoms with Gasteiger partial charge in [-0.2, -0.15) is 11.8 Å². The quantitative estimate of drug-likeness (QED) is 0.831. The van der Waals surface area contributed by atoms with Gasteiger partial charge < -0.3 is 5.32 Å². The second-order valence-electron chi connectivity index (χ2n) is 6.18. The Morgan fingerprint density at radius 1 is 1.24 bits per heavy atom. The van der Waals surface area contributed by atoms with Crippen LogP contribution in [0.1, 0.15) is 32.3 Å². The first-order chi connectivity index (χ1) is 10.2. The summed E-state index contributed by atoms with van der Waals surface area (Å²) in [5.74, 6) is 1.23. The number of hydrogen-bond acceptors (Lipinski definition) is 3. The molecule has 1 atom stereocenters. The normalized spacial score (nSPS) is 22.3. The Bertz CT molecular complexity index is 403. The maximum atomic E-state index is 3.86. The smallest absolute Gasteiger partial charge is 0.0304 e. The van der Waals surface area contributed by atoms with Crippen LogP contribution in [-0.2, 0) is 6.42 Å². The van der Waals surface area contributed by atoms with Crippen LogP contribution >= 0.6 is 11.8 Å². The molecule has 118 valence electrons. The van der Waals surface area contributed by atoms with Gasteiger partial charge in [0.2, 0.25) is 0 Å². The Labute approximate surface area is 134 Å². The maximum absolute atomic E-state index is 3.86. The van der Waals surface area contributed by atoms with Crippen LogP contribution < -0.4 is 5.32 Å². The summed E-state index contributed by atoms with van der Waals surface area (Å²) in [5, 5.41) is 3.86. The van der Waals surface area contributed by atoms with Crippen LogP contribution in [0.5, 0.6) is 0 Å². The van der Waals surface area contributed by atoms with E-state index in [1.54, 1.807) is 0 Å². The van der Waals surface area contributed by atoms with Gasteiger partial charge in [0.15, 0.2) is 0 Å². The summed E-state index contributed by atoms with van der Waals surface area (Å²) in [6, 6.07) is 11.6. The Morgan fingerprint density at radius 2 is 1.95 bits per heavy atom. The van der Waals surface area contributed by atoms with Gasteiger partial charge in [-0.1, -0.05) is 44.2 Å². The van der Waals surface area contributed by atoms with Crippen molar-refractivity contribution in [2.75, 3.05) is 31.6 Å². The molecule has 1 aliphatic rings. The van der Waals surface area contributed by atoms with Crippen molar-refractivity contribution in [1.29, 1.82) is 0 Å². The van der Waals surface area contributed by atoms with Gasteiger partial charge in [0.05, 0.1) is 0 Å². The third-order valence-electron chi connectivity index (χ3n) is 4.99. The van der Waals surface area contributed by atoms with Gasteiger partial charge >= 0.3 is 0 Å². The van der Waals surface area contributed by atoms with Crippen LogP contribution in [0.4, 0.5) is 0 Å². The predicted octanol–water partition coefficient (Wildman–Crippen LogP) is 3.42. The van der Waals surface area contributed by atoms with Crippen molar-refractivity contribution >= 4 is 11.8 Å². The summed E-state index contributed by atoms with van der Waals surface area (Å²) in [7, 11) is 0. The van der Waals surface area contributed by atoms with Crippen LogP contribution in [0.25, 0.3) is 0 Å². The summed E-state index contributed by atoms with van der Waals surface area (Å²) < 4.78 is 0. The maximum Gasteiger partial charge on any atom is 0.0304 e. The standard InChI is InChI=1S/C18H30N2S/c1-4-18(5-2)15-20(11-12-21-3)17(14-19-18)13-16-9-7-6-8-10-16/h6-10,17,19H,4-5,11-15H2,1-3H3. The number of piperazine rings is 1. The summed E-state index contributed by atoms with van der Waals surface area (Å²) in [6.45, 7) is 8.16. The highest BCUT2D eigenvalue weighted by molar-refractivity contribution is 7.98. The Balaban J connectivity index is 2.05. The molecule has 0 amide bonds. The minimum absolute atomic E-state index is 0.325. The fourth-order valence-electron chi connectivity index (χ4n) is 3.32. The lowest BCUT2D eigenvalue weighted by Gasteiger charge is -2.47. The van der Waals surface area contributed by atoms with Gasteiger partial charge in [-0.15, -0.1) is 0 Å². The third-order valence-corrected chi connectivity index (χ3v) is 5.58. The van der Waals surface area contributed by atoms with Crippen LogP contribution in [0.2, 0.25) is 0 Å². The van der Waals surface area contributed by atoms with E-state index in [4.69, 9.17) is 0 Å². The van der Waals surface area contributed by atoms with Crippen molar-refractivity contribution in [2.24, 2.45) is 0 Å². The zero-order valence-electron chi connectivity index (χ0n) is 13.8. The van der Waals surface area contributed by atoms with E-state index in [0.29, 0.717) is 11.6 Å². The van der Waals surface area contributed by atoms with Crippen molar-refractivity contribution in [1.82, 2.24) is 10.2 Å². The van der Waals surface area contributed by atoms with Gasteiger partial charge in [0, 0.05) is 37.0 Å². The minimum atomic E-state index is 0.325. The molecule has 1 saturated heterocycles. The van der Waals surface area contributed by atoms with Crippen molar-refractivity contribution in [3.8, 4) is 0 Å². The molecule has 0 radical (unpaired) electrons. The molecule has 0 bridgehead atoms. The average molecular weight is 307 g/mol. The first kappa shape index (κ1) is 16.9. The topological polar surface area (TPSA) is 15.3 Å². The number of benzene rings is 1.